The molecule has 2 aromatic carbocycles. The lowest BCUT2D eigenvalue weighted by molar-refractivity contribution is 0.371. The summed E-state index contributed by atoms with van der Waals surface area (Å²) in [5.74, 6) is 1.15. The monoisotopic (exact) mass is 402 g/mol. The molecule has 1 unspecified atom stereocenters. The number of nitrogens with one attached hydrogen (secondary N) is 1. The van der Waals surface area contributed by atoms with Crippen molar-refractivity contribution in [2.45, 2.75) is 11.8 Å². The number of rotatable bonds is 6. The number of hydrogen-bond acceptors (Lipinski definition) is 3. The molecule has 7 heteroatoms. The third-order valence-electron chi connectivity index (χ3n) is 4.65. The van der Waals surface area contributed by atoms with E-state index in [9.17, 15) is 8.60 Å². The minimum absolute atomic E-state index is 0.181. The van der Waals surface area contributed by atoms with Crippen molar-refractivity contribution >= 4 is 22.4 Å². The lowest BCUT2D eigenvalue weighted by atomic mass is 10.2. The van der Waals surface area contributed by atoms with Crippen molar-refractivity contribution in [3.05, 3.63) is 60.4 Å². The lowest BCUT2D eigenvalue weighted by Crippen LogP contribution is -2.52. The van der Waals surface area contributed by atoms with E-state index in [1.54, 1.807) is 6.07 Å². The largest absolute Gasteiger partial charge is 0.366 e. The zero-order chi connectivity index (χ0) is 19.8. The fraction of sp³-hybridized carbons (Fsp3) is 0.381. The molecule has 1 saturated heterocycles. The minimum atomic E-state index is -1.05. The maximum absolute atomic E-state index is 14.0. The molecule has 1 aliphatic heterocycles. The van der Waals surface area contributed by atoms with E-state index in [1.165, 1.54) is 6.07 Å². The zero-order valence-corrected chi connectivity index (χ0v) is 17.0. The van der Waals surface area contributed by atoms with Crippen LogP contribution in [0.4, 0.5) is 10.1 Å². The third kappa shape index (κ3) is 5.32. The quantitative estimate of drug-likeness (QED) is 0.596. The molecule has 1 aliphatic rings. The molecule has 3 rings (SSSR count). The summed E-state index contributed by atoms with van der Waals surface area (Å²) in [7, 11) is -1.05. The number of guanidine groups is 1. The summed E-state index contributed by atoms with van der Waals surface area (Å²) in [4.78, 5) is 9.75. The van der Waals surface area contributed by atoms with Crippen molar-refractivity contribution in [3.63, 3.8) is 0 Å². The molecule has 0 spiro atoms. The number of nitrogens with zero attached hydrogens (tertiary/aromatic N) is 3. The predicted octanol–water partition coefficient (Wildman–Crippen LogP) is 2.72. The second kappa shape index (κ2) is 10.2. The van der Waals surface area contributed by atoms with E-state index >= 15 is 0 Å². The second-order valence-electron chi connectivity index (χ2n) is 6.52. The molecule has 2 aromatic rings. The molecule has 5 nitrogen and oxygen atoms in total. The molecule has 0 saturated carbocycles. The average molecular weight is 403 g/mol. The summed E-state index contributed by atoms with van der Waals surface area (Å²) < 4.78 is 26.4. The van der Waals surface area contributed by atoms with Crippen molar-refractivity contribution in [3.8, 4) is 0 Å². The van der Waals surface area contributed by atoms with E-state index < -0.39 is 10.8 Å². The Morgan fingerprint density at radius 1 is 1.07 bits per heavy atom. The second-order valence-corrected chi connectivity index (χ2v) is 8.09. The van der Waals surface area contributed by atoms with Gasteiger partial charge in [0.05, 0.1) is 23.0 Å². The number of halogens is 1. The minimum Gasteiger partial charge on any atom is -0.366 e. The number of benzene rings is 2. The van der Waals surface area contributed by atoms with Crippen LogP contribution in [0.1, 0.15) is 6.92 Å². The molecule has 0 aromatic heterocycles. The summed E-state index contributed by atoms with van der Waals surface area (Å²) in [6.07, 6.45) is 0. The molecule has 28 heavy (non-hydrogen) atoms. The number of hydrogen-bond donors (Lipinski definition) is 1. The SMILES string of the molecule is CCNC(=NCCS(=O)c1ccccc1)N1CCN(c2ccccc2F)CC1. The van der Waals surface area contributed by atoms with E-state index in [4.69, 9.17) is 0 Å². The van der Waals surface area contributed by atoms with Crippen LogP contribution in [0, 0.1) is 5.82 Å². The topological polar surface area (TPSA) is 47.9 Å². The van der Waals surface area contributed by atoms with Crippen LogP contribution in [-0.2, 0) is 10.8 Å². The summed E-state index contributed by atoms with van der Waals surface area (Å²) in [5.41, 5.74) is 0.655. The van der Waals surface area contributed by atoms with Gasteiger partial charge in [0.25, 0.3) is 0 Å². The van der Waals surface area contributed by atoms with Crippen LogP contribution < -0.4 is 10.2 Å². The number of piperazine rings is 1. The number of aliphatic imine (C=N–C) groups is 1. The van der Waals surface area contributed by atoms with Crippen molar-refractivity contribution in [2.24, 2.45) is 4.99 Å². The fourth-order valence-electron chi connectivity index (χ4n) is 3.22. The van der Waals surface area contributed by atoms with Crippen LogP contribution in [-0.4, -0.2) is 60.1 Å². The van der Waals surface area contributed by atoms with Gasteiger partial charge in [0.2, 0.25) is 0 Å². The summed E-state index contributed by atoms with van der Waals surface area (Å²) in [6, 6.07) is 16.4. The van der Waals surface area contributed by atoms with Gasteiger partial charge in [0.1, 0.15) is 5.82 Å². The van der Waals surface area contributed by atoms with Crippen molar-refractivity contribution in [1.82, 2.24) is 10.2 Å². The predicted molar refractivity (Wildman–Crippen MR) is 114 cm³/mol. The number of para-hydroxylation sites is 1. The third-order valence-corrected chi connectivity index (χ3v) is 6.00. The van der Waals surface area contributed by atoms with Crippen LogP contribution in [0.25, 0.3) is 0 Å². The van der Waals surface area contributed by atoms with E-state index in [1.807, 2.05) is 49.4 Å². The highest BCUT2D eigenvalue weighted by Crippen LogP contribution is 2.20. The molecule has 0 bridgehead atoms. The Kier molecular flexibility index (Phi) is 7.42. The van der Waals surface area contributed by atoms with Crippen LogP contribution in [0.2, 0.25) is 0 Å². The van der Waals surface area contributed by atoms with Gasteiger partial charge < -0.3 is 15.1 Å². The van der Waals surface area contributed by atoms with Gasteiger partial charge in [-0.3, -0.25) is 9.20 Å². The zero-order valence-electron chi connectivity index (χ0n) is 16.2. The first kappa shape index (κ1) is 20.3. The van der Waals surface area contributed by atoms with Gasteiger partial charge in [-0.2, -0.15) is 0 Å². The van der Waals surface area contributed by atoms with Crippen molar-refractivity contribution in [2.75, 3.05) is 49.9 Å². The lowest BCUT2D eigenvalue weighted by Gasteiger charge is -2.37. The highest BCUT2D eigenvalue weighted by molar-refractivity contribution is 7.85. The van der Waals surface area contributed by atoms with E-state index in [2.05, 4.69) is 20.1 Å². The van der Waals surface area contributed by atoms with E-state index in [0.717, 1.165) is 43.6 Å². The van der Waals surface area contributed by atoms with Crippen molar-refractivity contribution < 1.29 is 8.60 Å². The summed E-state index contributed by atoms with van der Waals surface area (Å²) in [6.45, 7) is 6.31. The van der Waals surface area contributed by atoms with Crippen molar-refractivity contribution in [1.29, 1.82) is 0 Å². The molecular formula is C21H27FN4OS. The Labute approximate surface area is 168 Å². The smallest absolute Gasteiger partial charge is 0.194 e. The molecule has 1 fully saturated rings. The summed E-state index contributed by atoms with van der Waals surface area (Å²) >= 11 is 0. The molecule has 1 atom stereocenters. The van der Waals surface area contributed by atoms with Gasteiger partial charge >= 0.3 is 0 Å². The van der Waals surface area contributed by atoms with Gasteiger partial charge in [-0.25, -0.2) is 4.39 Å². The molecule has 1 N–H and O–H groups in total. The Hall–Kier alpha value is -2.41. The maximum Gasteiger partial charge on any atom is 0.194 e. The van der Waals surface area contributed by atoms with Gasteiger partial charge in [0.15, 0.2) is 5.96 Å². The molecule has 0 amide bonds. The Morgan fingerprint density at radius 3 is 2.43 bits per heavy atom. The van der Waals surface area contributed by atoms with Gasteiger partial charge in [0, 0.05) is 43.4 Å². The van der Waals surface area contributed by atoms with Gasteiger partial charge in [-0.05, 0) is 31.2 Å². The van der Waals surface area contributed by atoms with Gasteiger partial charge in [-0.1, -0.05) is 30.3 Å². The average Bonchev–Trinajstić information content (AvgIpc) is 2.74. The normalized spacial score (nSPS) is 16.1. The van der Waals surface area contributed by atoms with Crippen LogP contribution in [0.15, 0.2) is 64.5 Å². The van der Waals surface area contributed by atoms with Crippen LogP contribution in [0.3, 0.4) is 0 Å². The Bertz CT molecular complexity index is 807. The van der Waals surface area contributed by atoms with Crippen LogP contribution in [0.5, 0.6) is 0 Å². The molecule has 1 heterocycles. The first-order valence-corrected chi connectivity index (χ1v) is 11.0. The molecular weight excluding hydrogens is 375 g/mol. The highest BCUT2D eigenvalue weighted by Gasteiger charge is 2.21. The molecule has 0 radical (unpaired) electrons. The van der Waals surface area contributed by atoms with E-state index in [-0.39, 0.29) is 5.82 Å². The molecule has 150 valence electrons. The van der Waals surface area contributed by atoms with Crippen LogP contribution >= 0.6 is 0 Å². The van der Waals surface area contributed by atoms with Gasteiger partial charge in [-0.15, -0.1) is 0 Å². The Balaban J connectivity index is 1.56. The first-order valence-electron chi connectivity index (χ1n) is 9.65. The van der Waals surface area contributed by atoms with E-state index in [0.29, 0.717) is 18.0 Å². The molecule has 0 aliphatic carbocycles. The summed E-state index contributed by atoms with van der Waals surface area (Å²) in [5, 5.41) is 3.32. The Morgan fingerprint density at radius 2 is 1.75 bits per heavy atom. The fourth-order valence-corrected chi connectivity index (χ4v) is 4.17. The number of anilines is 1. The highest BCUT2D eigenvalue weighted by atomic mass is 32.2. The standard InChI is InChI=1S/C21H27FN4OS/c1-2-23-21(24-12-17-28(27)18-8-4-3-5-9-18)26-15-13-25(14-16-26)20-11-7-6-10-19(20)22/h3-11H,2,12-17H2,1H3,(H,23,24). The first-order chi connectivity index (χ1) is 13.7. The maximum atomic E-state index is 14.0.